The summed E-state index contributed by atoms with van der Waals surface area (Å²) in [6, 6.07) is 16.1. The molecule has 2 rings (SSSR count). The average molecular weight is 198 g/mol. The van der Waals surface area contributed by atoms with Crippen LogP contribution in [0.15, 0.2) is 42.5 Å². The number of ether oxygens (including phenoxy) is 1. The smallest absolute Gasteiger partial charge is 0.138 e. The van der Waals surface area contributed by atoms with Crippen LogP contribution in [0.2, 0.25) is 0 Å². The lowest BCUT2D eigenvalue weighted by Crippen LogP contribution is -1.88. The summed E-state index contributed by atoms with van der Waals surface area (Å²) in [5.74, 6) is 1.53. The maximum absolute atomic E-state index is 5.65. The lowest BCUT2D eigenvalue weighted by molar-refractivity contribution is 0.478. The van der Waals surface area contributed by atoms with E-state index in [0.29, 0.717) is 0 Å². The molecule has 75 valence electrons. The van der Waals surface area contributed by atoms with E-state index in [2.05, 4.69) is 6.07 Å². The van der Waals surface area contributed by atoms with E-state index >= 15 is 0 Å². The van der Waals surface area contributed by atoms with Crippen LogP contribution in [-0.4, -0.2) is 0 Å². The number of nitrogen functional groups attached to an aromatic ring is 1. The molecule has 0 aliphatic heterocycles. The van der Waals surface area contributed by atoms with Gasteiger partial charge in [0.2, 0.25) is 0 Å². The summed E-state index contributed by atoms with van der Waals surface area (Å²) in [6.07, 6.45) is 0. The Labute approximate surface area is 89.3 Å². The molecule has 0 saturated heterocycles. The summed E-state index contributed by atoms with van der Waals surface area (Å²) in [4.78, 5) is 0. The number of rotatable bonds is 2. The summed E-state index contributed by atoms with van der Waals surface area (Å²) >= 11 is 0. The topological polar surface area (TPSA) is 35.2 Å². The summed E-state index contributed by atoms with van der Waals surface area (Å²) in [5.41, 5.74) is 7.38. The third-order valence-corrected chi connectivity index (χ3v) is 2.12. The van der Waals surface area contributed by atoms with Crippen LogP contribution in [0.1, 0.15) is 5.56 Å². The van der Waals surface area contributed by atoms with Gasteiger partial charge < -0.3 is 10.5 Å². The lowest BCUT2D eigenvalue weighted by Gasteiger charge is -2.07. The number of aryl methyl sites for hydroxylation is 1. The second-order valence-corrected chi connectivity index (χ2v) is 3.35. The van der Waals surface area contributed by atoms with Crippen molar-refractivity contribution in [2.24, 2.45) is 0 Å². The van der Waals surface area contributed by atoms with Gasteiger partial charge in [0.15, 0.2) is 0 Å². The molecule has 0 saturated carbocycles. The third-order valence-electron chi connectivity index (χ3n) is 2.12. The van der Waals surface area contributed by atoms with E-state index in [1.807, 2.05) is 49.4 Å². The molecule has 0 bridgehead atoms. The molecule has 2 N–H and O–H groups in total. The molecule has 2 heteroatoms. The molecule has 2 aromatic rings. The van der Waals surface area contributed by atoms with Crippen molar-refractivity contribution >= 4 is 5.69 Å². The summed E-state index contributed by atoms with van der Waals surface area (Å²) in [5, 5.41) is 0. The third kappa shape index (κ3) is 2.29. The van der Waals surface area contributed by atoms with E-state index in [0.717, 1.165) is 22.7 Å². The van der Waals surface area contributed by atoms with Crippen molar-refractivity contribution in [1.82, 2.24) is 0 Å². The van der Waals surface area contributed by atoms with Crippen molar-refractivity contribution in [2.45, 2.75) is 6.92 Å². The quantitative estimate of drug-likeness (QED) is 0.752. The molecule has 2 nitrogen and oxygen atoms in total. The maximum Gasteiger partial charge on any atom is 0.138 e. The molecule has 15 heavy (non-hydrogen) atoms. The molecule has 0 spiro atoms. The largest absolute Gasteiger partial charge is 0.456 e. The van der Waals surface area contributed by atoms with Crippen LogP contribution in [0, 0.1) is 13.0 Å². The predicted molar refractivity (Wildman–Crippen MR) is 60.9 cm³/mol. The number of para-hydroxylation sites is 1. The Bertz CT molecular complexity index is 448. The summed E-state index contributed by atoms with van der Waals surface area (Å²) < 4.78 is 5.65. The minimum atomic E-state index is 0.733. The molecule has 0 aromatic heterocycles. The first-order chi connectivity index (χ1) is 7.25. The van der Waals surface area contributed by atoms with Gasteiger partial charge in [0.25, 0.3) is 0 Å². The van der Waals surface area contributed by atoms with Crippen LogP contribution in [0.5, 0.6) is 11.5 Å². The van der Waals surface area contributed by atoms with Gasteiger partial charge in [-0.25, -0.2) is 0 Å². The molecule has 0 aliphatic rings. The fourth-order valence-corrected chi connectivity index (χ4v) is 1.27. The summed E-state index contributed by atoms with van der Waals surface area (Å²) in [7, 11) is 0. The van der Waals surface area contributed by atoms with Crippen molar-refractivity contribution < 1.29 is 4.74 Å². The van der Waals surface area contributed by atoms with Gasteiger partial charge in [0, 0.05) is 11.8 Å². The highest BCUT2D eigenvalue weighted by Gasteiger charge is 1.99. The Hall–Kier alpha value is -1.96. The molecule has 0 fully saturated rings. The standard InChI is InChI=1S/C13H12NO/c1-10-4-2-3-5-13(10)15-12-8-6-11(14)7-9-12/h2-4,6-9H,14H2,1H3. The Morgan fingerprint density at radius 3 is 2.53 bits per heavy atom. The second-order valence-electron chi connectivity index (χ2n) is 3.35. The zero-order chi connectivity index (χ0) is 10.7. The maximum atomic E-state index is 5.65. The predicted octanol–water partition coefficient (Wildman–Crippen LogP) is 3.17. The Kier molecular flexibility index (Phi) is 2.59. The van der Waals surface area contributed by atoms with Crippen LogP contribution in [-0.2, 0) is 0 Å². The fourth-order valence-electron chi connectivity index (χ4n) is 1.27. The highest BCUT2D eigenvalue weighted by atomic mass is 16.5. The van der Waals surface area contributed by atoms with Gasteiger partial charge in [-0.15, -0.1) is 0 Å². The molecule has 0 aliphatic carbocycles. The van der Waals surface area contributed by atoms with E-state index in [1.54, 1.807) is 0 Å². The van der Waals surface area contributed by atoms with E-state index in [-0.39, 0.29) is 0 Å². The number of nitrogens with two attached hydrogens (primary N) is 1. The molecule has 0 heterocycles. The number of anilines is 1. The van der Waals surface area contributed by atoms with Gasteiger partial charge >= 0.3 is 0 Å². The second kappa shape index (κ2) is 4.05. The lowest BCUT2D eigenvalue weighted by atomic mass is 10.2. The molecular formula is C13H12NO. The molecule has 2 aromatic carbocycles. The number of hydrogen-bond donors (Lipinski definition) is 1. The van der Waals surface area contributed by atoms with Crippen LogP contribution in [0.25, 0.3) is 0 Å². The van der Waals surface area contributed by atoms with Gasteiger partial charge in [0.1, 0.15) is 11.5 Å². The first-order valence-electron chi connectivity index (χ1n) is 4.76. The van der Waals surface area contributed by atoms with Gasteiger partial charge in [-0.2, -0.15) is 0 Å². The summed E-state index contributed by atoms with van der Waals surface area (Å²) in [6.45, 7) is 1.99. The van der Waals surface area contributed by atoms with Gasteiger partial charge in [0.05, 0.1) is 0 Å². The van der Waals surface area contributed by atoms with Crippen LogP contribution >= 0.6 is 0 Å². The van der Waals surface area contributed by atoms with Crippen molar-refractivity contribution in [3.63, 3.8) is 0 Å². The van der Waals surface area contributed by atoms with Crippen molar-refractivity contribution in [2.75, 3.05) is 5.73 Å². The van der Waals surface area contributed by atoms with Crippen LogP contribution in [0.3, 0.4) is 0 Å². The van der Waals surface area contributed by atoms with Crippen molar-refractivity contribution in [3.8, 4) is 11.5 Å². The molecule has 0 atom stereocenters. The van der Waals surface area contributed by atoms with E-state index in [9.17, 15) is 0 Å². The van der Waals surface area contributed by atoms with Crippen LogP contribution in [0.4, 0.5) is 5.69 Å². The zero-order valence-corrected chi connectivity index (χ0v) is 8.53. The van der Waals surface area contributed by atoms with Gasteiger partial charge in [-0.1, -0.05) is 18.2 Å². The SMILES string of the molecule is Cc1ccc[c]c1Oc1ccc(N)cc1. The minimum absolute atomic E-state index is 0.733. The molecule has 0 amide bonds. The van der Waals surface area contributed by atoms with E-state index in [1.165, 1.54) is 0 Å². The van der Waals surface area contributed by atoms with Gasteiger partial charge in [-0.05, 0) is 36.8 Å². The molecular weight excluding hydrogens is 186 g/mol. The number of benzene rings is 2. The minimum Gasteiger partial charge on any atom is -0.456 e. The van der Waals surface area contributed by atoms with Crippen molar-refractivity contribution in [1.29, 1.82) is 0 Å². The monoisotopic (exact) mass is 198 g/mol. The highest BCUT2D eigenvalue weighted by Crippen LogP contribution is 2.24. The normalized spacial score (nSPS) is 9.93. The van der Waals surface area contributed by atoms with Crippen molar-refractivity contribution in [3.05, 3.63) is 54.1 Å². The van der Waals surface area contributed by atoms with E-state index < -0.39 is 0 Å². The van der Waals surface area contributed by atoms with Crippen LogP contribution < -0.4 is 10.5 Å². The van der Waals surface area contributed by atoms with E-state index in [4.69, 9.17) is 10.5 Å². The Morgan fingerprint density at radius 2 is 1.87 bits per heavy atom. The average Bonchev–Trinajstić information content (AvgIpc) is 2.25. The molecule has 1 radical (unpaired) electrons. The first-order valence-corrected chi connectivity index (χ1v) is 4.76. The highest BCUT2D eigenvalue weighted by molar-refractivity contribution is 5.43. The zero-order valence-electron chi connectivity index (χ0n) is 8.53. The van der Waals surface area contributed by atoms with Gasteiger partial charge in [-0.3, -0.25) is 0 Å². The molecule has 0 unspecified atom stereocenters. The Balaban J connectivity index is 2.22. The Morgan fingerprint density at radius 1 is 1.13 bits per heavy atom. The number of hydrogen-bond acceptors (Lipinski definition) is 2. The first kappa shape index (κ1) is 9.59. The fraction of sp³-hybridized carbons (Fsp3) is 0.0769.